The Hall–Kier alpha value is -3.08. The van der Waals surface area contributed by atoms with Gasteiger partial charge in [0.25, 0.3) is 5.56 Å². The molecule has 0 atom stereocenters. The van der Waals surface area contributed by atoms with Crippen LogP contribution in [-0.2, 0) is 13.0 Å². The first-order valence-electron chi connectivity index (χ1n) is 11.7. The molecule has 0 bridgehead atoms. The molecule has 5 heteroatoms. The molecule has 2 N–H and O–H groups in total. The number of para-hydroxylation sites is 1. The number of amides is 2. The number of pyridine rings is 1. The summed E-state index contributed by atoms with van der Waals surface area (Å²) < 4.78 is 0. The Morgan fingerprint density at radius 2 is 1.75 bits per heavy atom. The summed E-state index contributed by atoms with van der Waals surface area (Å²) in [5.41, 5.74) is 4.84. The number of hydrogen-bond donors (Lipinski definition) is 2. The van der Waals surface area contributed by atoms with Crippen LogP contribution in [0.15, 0.2) is 53.3 Å². The van der Waals surface area contributed by atoms with E-state index in [1.54, 1.807) is 4.90 Å². The summed E-state index contributed by atoms with van der Waals surface area (Å²) in [4.78, 5) is 30.9. The van der Waals surface area contributed by atoms with Crippen molar-refractivity contribution in [2.45, 2.75) is 65.0 Å². The Morgan fingerprint density at radius 3 is 2.53 bits per heavy atom. The van der Waals surface area contributed by atoms with Crippen molar-refractivity contribution >= 4 is 16.9 Å². The molecule has 0 saturated heterocycles. The molecule has 1 aliphatic rings. The number of nitrogens with zero attached hydrogens (tertiary/aromatic N) is 1. The third kappa shape index (κ3) is 5.21. The number of aryl methyl sites for hydroxylation is 2. The first kappa shape index (κ1) is 22.1. The smallest absolute Gasteiger partial charge is 0.317 e. The highest BCUT2D eigenvalue weighted by Crippen LogP contribution is 2.19. The van der Waals surface area contributed by atoms with E-state index in [-0.39, 0.29) is 17.6 Å². The molecule has 2 amide bonds. The van der Waals surface area contributed by atoms with Crippen LogP contribution in [0.5, 0.6) is 0 Å². The van der Waals surface area contributed by atoms with Crippen molar-refractivity contribution in [1.82, 2.24) is 15.2 Å². The van der Waals surface area contributed by atoms with Gasteiger partial charge in [0.1, 0.15) is 0 Å². The molecule has 32 heavy (non-hydrogen) atoms. The van der Waals surface area contributed by atoms with E-state index in [1.807, 2.05) is 43.3 Å². The largest absolute Gasteiger partial charge is 0.335 e. The Balaban J connectivity index is 1.57. The lowest BCUT2D eigenvalue weighted by Crippen LogP contribution is -2.46. The molecule has 3 aromatic rings. The van der Waals surface area contributed by atoms with Gasteiger partial charge < -0.3 is 15.2 Å². The third-order valence-electron chi connectivity index (χ3n) is 6.66. The van der Waals surface area contributed by atoms with E-state index in [1.165, 1.54) is 17.5 Å². The summed E-state index contributed by atoms with van der Waals surface area (Å²) in [5, 5.41) is 4.22. The van der Waals surface area contributed by atoms with Gasteiger partial charge >= 0.3 is 6.03 Å². The lowest BCUT2D eigenvalue weighted by Gasteiger charge is -2.28. The number of H-pyrrole nitrogens is 1. The maximum absolute atomic E-state index is 13.3. The van der Waals surface area contributed by atoms with Crippen molar-refractivity contribution in [2.24, 2.45) is 0 Å². The molecule has 0 radical (unpaired) electrons. The van der Waals surface area contributed by atoms with Crippen LogP contribution in [0.3, 0.4) is 0 Å². The van der Waals surface area contributed by atoms with E-state index in [4.69, 9.17) is 0 Å². The molecule has 4 rings (SSSR count). The van der Waals surface area contributed by atoms with E-state index in [9.17, 15) is 9.59 Å². The molecule has 1 aliphatic carbocycles. The first-order chi connectivity index (χ1) is 15.5. The van der Waals surface area contributed by atoms with Gasteiger partial charge in [0.2, 0.25) is 0 Å². The number of hydrogen-bond acceptors (Lipinski definition) is 2. The molecular formula is C27H33N3O2. The number of carbonyl (C=O) groups excluding carboxylic acids is 1. The normalized spacial score (nSPS) is 14.4. The van der Waals surface area contributed by atoms with Crippen LogP contribution in [0, 0.1) is 13.8 Å². The van der Waals surface area contributed by atoms with Gasteiger partial charge in [-0.1, -0.05) is 61.7 Å². The van der Waals surface area contributed by atoms with Gasteiger partial charge in [0.15, 0.2) is 0 Å². The molecule has 2 aromatic carbocycles. The van der Waals surface area contributed by atoms with Crippen LogP contribution in [-0.4, -0.2) is 28.5 Å². The van der Waals surface area contributed by atoms with E-state index < -0.39 is 0 Å². The second-order valence-corrected chi connectivity index (χ2v) is 9.05. The molecule has 1 heterocycles. The second kappa shape index (κ2) is 10.0. The zero-order valence-corrected chi connectivity index (χ0v) is 19.1. The summed E-state index contributed by atoms with van der Waals surface area (Å²) in [6.45, 7) is 4.95. The molecule has 5 nitrogen and oxygen atoms in total. The van der Waals surface area contributed by atoms with Gasteiger partial charge in [-0.3, -0.25) is 4.79 Å². The van der Waals surface area contributed by atoms with Crippen molar-refractivity contribution in [3.8, 4) is 0 Å². The number of carbonyl (C=O) groups is 1. The van der Waals surface area contributed by atoms with Gasteiger partial charge in [-0.05, 0) is 61.3 Å². The summed E-state index contributed by atoms with van der Waals surface area (Å²) in [6, 6.07) is 16.3. The van der Waals surface area contributed by atoms with Gasteiger partial charge in [-0.15, -0.1) is 0 Å². The number of benzene rings is 2. The predicted molar refractivity (Wildman–Crippen MR) is 130 cm³/mol. The van der Waals surface area contributed by atoms with Crippen molar-refractivity contribution in [2.75, 3.05) is 6.54 Å². The number of urea groups is 1. The molecule has 0 aliphatic heterocycles. The van der Waals surface area contributed by atoms with Crippen LogP contribution in [0.4, 0.5) is 4.79 Å². The van der Waals surface area contributed by atoms with Crippen LogP contribution in [0.25, 0.3) is 10.9 Å². The van der Waals surface area contributed by atoms with Crippen LogP contribution < -0.4 is 10.9 Å². The molecule has 168 valence electrons. The molecule has 1 aromatic heterocycles. The Bertz CT molecular complexity index is 1150. The standard InChI is InChI=1S/C27H33N3O2/c1-19-9-6-7-11-21(19)15-16-30(27(32)28-24-13-4-3-5-14-24)18-23-17-22-12-8-10-20(2)25(22)29-26(23)31/h6-12,17,24H,3-5,13-16,18H2,1-2H3,(H,28,32)(H,29,31). The van der Waals surface area contributed by atoms with Gasteiger partial charge in [-0.2, -0.15) is 0 Å². The summed E-state index contributed by atoms with van der Waals surface area (Å²) >= 11 is 0. The van der Waals surface area contributed by atoms with E-state index in [2.05, 4.69) is 29.4 Å². The Labute approximate surface area is 189 Å². The fraction of sp³-hybridized carbons (Fsp3) is 0.407. The average Bonchev–Trinajstić information content (AvgIpc) is 2.79. The number of fused-ring (bicyclic) bond motifs is 1. The van der Waals surface area contributed by atoms with Crippen molar-refractivity contribution in [3.63, 3.8) is 0 Å². The first-order valence-corrected chi connectivity index (χ1v) is 11.7. The number of aromatic nitrogens is 1. The van der Waals surface area contributed by atoms with E-state index in [0.717, 1.165) is 48.6 Å². The molecular weight excluding hydrogens is 398 g/mol. The van der Waals surface area contributed by atoms with Crippen LogP contribution in [0.1, 0.15) is 54.4 Å². The molecule has 1 saturated carbocycles. The fourth-order valence-electron chi connectivity index (χ4n) is 4.66. The van der Waals surface area contributed by atoms with Crippen LogP contribution in [0.2, 0.25) is 0 Å². The minimum atomic E-state index is -0.127. The third-order valence-corrected chi connectivity index (χ3v) is 6.66. The molecule has 0 unspecified atom stereocenters. The minimum Gasteiger partial charge on any atom is -0.335 e. The van der Waals surface area contributed by atoms with Gasteiger partial charge in [0, 0.05) is 18.2 Å². The molecule has 0 spiro atoms. The zero-order chi connectivity index (χ0) is 22.5. The number of nitrogens with one attached hydrogen (secondary N) is 2. The Morgan fingerprint density at radius 1 is 1.00 bits per heavy atom. The highest BCUT2D eigenvalue weighted by molar-refractivity contribution is 5.82. The topological polar surface area (TPSA) is 65.2 Å². The molecule has 1 fully saturated rings. The van der Waals surface area contributed by atoms with Gasteiger partial charge in [-0.25, -0.2) is 4.79 Å². The van der Waals surface area contributed by atoms with Crippen molar-refractivity contribution in [3.05, 3.63) is 81.1 Å². The average molecular weight is 432 g/mol. The quantitative estimate of drug-likeness (QED) is 0.561. The zero-order valence-electron chi connectivity index (χ0n) is 19.1. The lowest BCUT2D eigenvalue weighted by molar-refractivity contribution is 0.187. The Kier molecular flexibility index (Phi) is 6.93. The SMILES string of the molecule is Cc1ccccc1CCN(Cc1cc2cccc(C)c2[nH]c1=O)C(=O)NC1CCCCC1. The maximum Gasteiger partial charge on any atom is 0.317 e. The fourth-order valence-corrected chi connectivity index (χ4v) is 4.66. The maximum atomic E-state index is 13.3. The summed E-state index contributed by atoms with van der Waals surface area (Å²) in [6.07, 6.45) is 6.40. The highest BCUT2D eigenvalue weighted by atomic mass is 16.2. The van der Waals surface area contributed by atoms with Crippen molar-refractivity contribution in [1.29, 1.82) is 0 Å². The number of rotatable bonds is 6. The van der Waals surface area contributed by atoms with Crippen molar-refractivity contribution < 1.29 is 4.79 Å². The monoisotopic (exact) mass is 431 g/mol. The second-order valence-electron chi connectivity index (χ2n) is 9.05. The summed E-state index contributed by atoms with van der Waals surface area (Å²) in [5.74, 6) is 0. The van der Waals surface area contributed by atoms with E-state index in [0.29, 0.717) is 18.7 Å². The lowest BCUT2D eigenvalue weighted by atomic mass is 9.96. The van der Waals surface area contributed by atoms with E-state index >= 15 is 0 Å². The summed E-state index contributed by atoms with van der Waals surface area (Å²) in [7, 11) is 0. The van der Waals surface area contributed by atoms with Crippen LogP contribution >= 0.6 is 0 Å². The minimum absolute atomic E-state index is 0.0748. The van der Waals surface area contributed by atoms with Gasteiger partial charge in [0.05, 0.1) is 12.1 Å². The predicted octanol–water partition coefficient (Wildman–Crippen LogP) is 5.23. The highest BCUT2D eigenvalue weighted by Gasteiger charge is 2.21. The number of aromatic amines is 1.